The second-order valence-corrected chi connectivity index (χ2v) is 3.85. The minimum atomic E-state index is -0.532. The maximum absolute atomic E-state index is 10.9. The Labute approximate surface area is 84.8 Å². The lowest BCUT2D eigenvalue weighted by Crippen LogP contribution is -2.12. The quantitative estimate of drug-likeness (QED) is 0.784. The summed E-state index contributed by atoms with van der Waals surface area (Å²) >= 11 is 1.58. The summed E-state index contributed by atoms with van der Waals surface area (Å²) in [4.78, 5) is 18.9. The second-order valence-electron chi connectivity index (χ2n) is 2.90. The highest BCUT2D eigenvalue weighted by Gasteiger charge is 2.12. The van der Waals surface area contributed by atoms with Crippen LogP contribution in [0.25, 0.3) is 10.6 Å². The van der Waals surface area contributed by atoms with Gasteiger partial charge in [0.05, 0.1) is 4.88 Å². The van der Waals surface area contributed by atoms with Gasteiger partial charge in [0.1, 0.15) is 5.69 Å². The molecule has 4 nitrogen and oxygen atoms in total. The Balaban J connectivity index is 2.50. The first kappa shape index (κ1) is 8.96. The fourth-order valence-electron chi connectivity index (χ4n) is 1.23. The van der Waals surface area contributed by atoms with E-state index in [9.17, 15) is 4.79 Å². The van der Waals surface area contributed by atoms with Crippen molar-refractivity contribution in [1.82, 2.24) is 9.97 Å². The molecule has 0 bridgehead atoms. The van der Waals surface area contributed by atoms with Crippen LogP contribution in [0, 0.1) is 6.92 Å². The van der Waals surface area contributed by atoms with E-state index < -0.39 is 5.91 Å². The zero-order valence-electron chi connectivity index (χ0n) is 7.57. The van der Waals surface area contributed by atoms with Gasteiger partial charge in [-0.2, -0.15) is 0 Å². The Morgan fingerprint density at radius 1 is 1.64 bits per heavy atom. The third-order valence-corrected chi connectivity index (χ3v) is 2.75. The Hall–Kier alpha value is -1.62. The molecule has 14 heavy (non-hydrogen) atoms. The average Bonchev–Trinajstić information content (AvgIpc) is 2.71. The topological polar surface area (TPSA) is 71.8 Å². The van der Waals surface area contributed by atoms with Crippen molar-refractivity contribution in [3.63, 3.8) is 0 Å². The van der Waals surface area contributed by atoms with Gasteiger partial charge in [0, 0.05) is 5.69 Å². The number of nitrogens with one attached hydrogen (secondary N) is 1. The van der Waals surface area contributed by atoms with Crippen LogP contribution in [-0.2, 0) is 0 Å². The zero-order valence-corrected chi connectivity index (χ0v) is 8.39. The number of hydrogen-bond donors (Lipinski definition) is 2. The molecule has 5 heteroatoms. The van der Waals surface area contributed by atoms with Crippen molar-refractivity contribution in [1.29, 1.82) is 0 Å². The summed E-state index contributed by atoms with van der Waals surface area (Å²) < 4.78 is 0. The lowest BCUT2D eigenvalue weighted by molar-refractivity contribution is 0.0991. The monoisotopic (exact) mass is 207 g/mol. The molecule has 2 aromatic heterocycles. The van der Waals surface area contributed by atoms with Crippen LogP contribution in [-0.4, -0.2) is 15.9 Å². The molecule has 3 N–H and O–H groups in total. The van der Waals surface area contributed by atoms with Gasteiger partial charge in [0.25, 0.3) is 5.91 Å². The molecule has 0 aliphatic heterocycles. The van der Waals surface area contributed by atoms with Gasteiger partial charge in [-0.1, -0.05) is 6.07 Å². The lowest BCUT2D eigenvalue weighted by atomic mass is 10.3. The van der Waals surface area contributed by atoms with Gasteiger partial charge in [-0.05, 0) is 18.4 Å². The largest absolute Gasteiger partial charge is 0.363 e. The fourth-order valence-corrected chi connectivity index (χ4v) is 2.00. The van der Waals surface area contributed by atoms with Crippen molar-refractivity contribution in [2.45, 2.75) is 6.92 Å². The number of rotatable bonds is 2. The molecule has 0 saturated heterocycles. The number of nitrogens with zero attached hydrogens (tertiary/aromatic N) is 1. The van der Waals surface area contributed by atoms with Crippen molar-refractivity contribution in [2.24, 2.45) is 5.73 Å². The normalized spacial score (nSPS) is 10.4. The number of amides is 1. The SMILES string of the molecule is Cc1[nH]c(C(N)=O)nc1-c1cccs1. The second kappa shape index (κ2) is 3.26. The van der Waals surface area contributed by atoms with Gasteiger partial charge in [0.15, 0.2) is 5.82 Å². The first-order chi connectivity index (χ1) is 6.68. The Bertz CT molecular complexity index is 458. The highest BCUT2D eigenvalue weighted by molar-refractivity contribution is 7.13. The number of primary amides is 1. The van der Waals surface area contributed by atoms with Crippen molar-refractivity contribution in [3.05, 3.63) is 29.0 Å². The predicted molar refractivity (Wildman–Crippen MR) is 55.2 cm³/mol. The molecule has 2 aromatic rings. The van der Waals surface area contributed by atoms with E-state index in [1.807, 2.05) is 24.4 Å². The van der Waals surface area contributed by atoms with Gasteiger partial charge >= 0.3 is 0 Å². The fraction of sp³-hybridized carbons (Fsp3) is 0.111. The van der Waals surface area contributed by atoms with Gasteiger partial charge in [-0.15, -0.1) is 11.3 Å². The van der Waals surface area contributed by atoms with E-state index in [0.717, 1.165) is 16.3 Å². The number of thiophene rings is 1. The summed E-state index contributed by atoms with van der Waals surface area (Å²) in [7, 11) is 0. The summed E-state index contributed by atoms with van der Waals surface area (Å²) in [5, 5.41) is 1.97. The molecule has 0 aromatic carbocycles. The van der Waals surface area contributed by atoms with Gasteiger partial charge in [0.2, 0.25) is 0 Å². The number of aryl methyl sites for hydroxylation is 1. The first-order valence-corrected chi connectivity index (χ1v) is 4.96. The van der Waals surface area contributed by atoms with Gasteiger partial charge in [-0.3, -0.25) is 4.79 Å². The number of H-pyrrole nitrogens is 1. The van der Waals surface area contributed by atoms with E-state index in [2.05, 4.69) is 9.97 Å². The van der Waals surface area contributed by atoms with Crippen LogP contribution >= 0.6 is 11.3 Å². The van der Waals surface area contributed by atoms with Crippen molar-refractivity contribution < 1.29 is 4.79 Å². The molecular formula is C9H9N3OS. The number of carbonyl (C=O) groups excluding carboxylic acids is 1. The van der Waals surface area contributed by atoms with Crippen molar-refractivity contribution in [2.75, 3.05) is 0 Å². The third kappa shape index (κ3) is 1.42. The summed E-state index contributed by atoms with van der Waals surface area (Å²) in [6.45, 7) is 1.87. The van der Waals surface area contributed by atoms with E-state index in [1.54, 1.807) is 11.3 Å². The molecule has 2 heterocycles. The van der Waals surface area contributed by atoms with Crippen molar-refractivity contribution >= 4 is 17.2 Å². The van der Waals surface area contributed by atoms with Crippen LogP contribution in [0.15, 0.2) is 17.5 Å². The highest BCUT2D eigenvalue weighted by Crippen LogP contribution is 2.25. The molecule has 0 spiro atoms. The number of aromatic amines is 1. The van der Waals surface area contributed by atoms with Crippen molar-refractivity contribution in [3.8, 4) is 10.6 Å². The van der Waals surface area contributed by atoms with E-state index in [1.165, 1.54) is 0 Å². The van der Waals surface area contributed by atoms with Crippen LogP contribution in [0.2, 0.25) is 0 Å². The molecule has 72 valence electrons. The van der Waals surface area contributed by atoms with Crippen LogP contribution in [0.5, 0.6) is 0 Å². The summed E-state index contributed by atoms with van der Waals surface area (Å²) in [5.74, 6) is -0.318. The van der Waals surface area contributed by atoms with Crippen LogP contribution in [0.1, 0.15) is 16.3 Å². The molecule has 0 saturated carbocycles. The zero-order chi connectivity index (χ0) is 10.1. The van der Waals surface area contributed by atoms with Gasteiger partial charge < -0.3 is 10.7 Å². The number of hydrogen-bond acceptors (Lipinski definition) is 3. The van der Waals surface area contributed by atoms with E-state index in [4.69, 9.17) is 5.73 Å². The standard InChI is InChI=1S/C9H9N3OS/c1-5-7(6-3-2-4-14-6)12-9(11-5)8(10)13/h2-4H,1H3,(H2,10,13)(H,11,12). The first-order valence-electron chi connectivity index (χ1n) is 4.09. The molecule has 0 fully saturated rings. The average molecular weight is 207 g/mol. The summed E-state index contributed by atoms with van der Waals surface area (Å²) in [6, 6.07) is 3.90. The van der Waals surface area contributed by atoms with Gasteiger partial charge in [-0.25, -0.2) is 4.98 Å². The number of nitrogens with two attached hydrogens (primary N) is 1. The molecular weight excluding hydrogens is 198 g/mol. The Morgan fingerprint density at radius 2 is 2.43 bits per heavy atom. The molecule has 0 aliphatic carbocycles. The molecule has 1 amide bonds. The number of aromatic nitrogens is 2. The predicted octanol–water partition coefficient (Wildman–Crippen LogP) is 1.55. The van der Waals surface area contributed by atoms with E-state index >= 15 is 0 Å². The molecule has 0 unspecified atom stereocenters. The van der Waals surface area contributed by atoms with E-state index in [0.29, 0.717) is 0 Å². The smallest absolute Gasteiger partial charge is 0.284 e. The van der Waals surface area contributed by atoms with E-state index in [-0.39, 0.29) is 5.82 Å². The maximum atomic E-state index is 10.9. The minimum absolute atomic E-state index is 0.214. The number of imidazole rings is 1. The summed E-state index contributed by atoms with van der Waals surface area (Å²) in [6.07, 6.45) is 0. The Kier molecular flexibility index (Phi) is 2.09. The third-order valence-electron chi connectivity index (χ3n) is 1.87. The molecule has 0 atom stereocenters. The van der Waals surface area contributed by atoms with Crippen LogP contribution in [0.4, 0.5) is 0 Å². The lowest BCUT2D eigenvalue weighted by Gasteiger charge is -1.90. The minimum Gasteiger partial charge on any atom is -0.363 e. The highest BCUT2D eigenvalue weighted by atomic mass is 32.1. The summed E-state index contributed by atoms with van der Waals surface area (Å²) in [5.41, 5.74) is 6.78. The molecule has 2 rings (SSSR count). The Morgan fingerprint density at radius 3 is 2.93 bits per heavy atom. The number of carbonyl (C=O) groups is 1. The maximum Gasteiger partial charge on any atom is 0.284 e. The van der Waals surface area contributed by atoms with Crippen LogP contribution < -0.4 is 5.73 Å². The molecule has 0 radical (unpaired) electrons. The van der Waals surface area contributed by atoms with Crippen LogP contribution in [0.3, 0.4) is 0 Å². The molecule has 0 aliphatic rings.